The van der Waals surface area contributed by atoms with Crippen molar-refractivity contribution in [1.29, 1.82) is 0 Å². The van der Waals surface area contributed by atoms with Gasteiger partial charge in [0.15, 0.2) is 5.79 Å². The third-order valence-corrected chi connectivity index (χ3v) is 3.68. The number of fused-ring (bicyclic) bond motifs is 1. The molecule has 4 atom stereocenters. The molecule has 126 valence electrons. The van der Waals surface area contributed by atoms with Gasteiger partial charge in [-0.25, -0.2) is 0 Å². The zero-order valence-corrected chi connectivity index (χ0v) is 15.7. The molecule has 1 aliphatic carbocycles. The molecule has 2 fully saturated rings. The Labute approximate surface area is 155 Å². The van der Waals surface area contributed by atoms with Gasteiger partial charge in [0.1, 0.15) is 12.4 Å². The third-order valence-electron chi connectivity index (χ3n) is 3.68. The summed E-state index contributed by atoms with van der Waals surface area (Å²) in [5.41, 5.74) is 0.716. The number of aryl methyl sites for hydroxylation is 1. The molecule has 0 unspecified atom stereocenters. The van der Waals surface area contributed by atoms with Crippen molar-refractivity contribution in [3.63, 3.8) is 0 Å². The molecule has 1 aromatic heterocycles. The van der Waals surface area contributed by atoms with Crippen LogP contribution < -0.4 is 5.32 Å². The normalized spacial score (nSPS) is 31.6. The molecule has 0 aromatic carbocycles. The fourth-order valence-electron chi connectivity index (χ4n) is 2.92. The molecule has 6 nitrogen and oxygen atoms in total. The zero-order chi connectivity index (χ0) is 14.3. The molecule has 2 aliphatic rings. The van der Waals surface area contributed by atoms with Gasteiger partial charge in [0.25, 0.3) is 0 Å². The van der Waals surface area contributed by atoms with E-state index in [1.54, 1.807) is 0 Å². The van der Waals surface area contributed by atoms with E-state index in [2.05, 4.69) is 27.7 Å². The second kappa shape index (κ2) is 7.52. The van der Waals surface area contributed by atoms with E-state index >= 15 is 0 Å². The largest absolute Gasteiger partial charge is 0.550 e. The molecule has 3 rings (SSSR count). The molecule has 1 saturated heterocycles. The number of rotatable bonds is 3. The van der Waals surface area contributed by atoms with Crippen molar-refractivity contribution < 1.29 is 53.2 Å². The molecule has 0 bridgehead atoms. The fraction of sp³-hybridized carbons (Fsp3) is 0.643. The minimum atomic E-state index is -0.658. The van der Waals surface area contributed by atoms with Gasteiger partial charge < -0.3 is 35.6 Å². The van der Waals surface area contributed by atoms with Crippen molar-refractivity contribution in [2.45, 2.75) is 51.2 Å². The van der Waals surface area contributed by atoms with Crippen LogP contribution in [0.5, 0.6) is 0 Å². The van der Waals surface area contributed by atoms with Crippen molar-refractivity contribution in [3.8, 4) is 0 Å². The summed E-state index contributed by atoms with van der Waals surface area (Å²) in [6.07, 6.45) is 3.81. The molecule has 0 amide bonds. The quantitative estimate of drug-likeness (QED) is 0.393. The summed E-state index contributed by atoms with van der Waals surface area (Å²) in [5.74, 6) is -0.249. The zero-order valence-electron chi connectivity index (χ0n) is 12.4. The van der Waals surface area contributed by atoms with Crippen LogP contribution in [0.4, 0.5) is 5.82 Å². The first kappa shape index (κ1) is 19.8. The Bertz CT molecular complexity index is 530. The summed E-state index contributed by atoms with van der Waals surface area (Å²) in [5, 5.41) is 3.25. The van der Waals surface area contributed by atoms with Crippen LogP contribution in [0.1, 0.15) is 26.0 Å². The first-order valence-electron chi connectivity index (χ1n) is 6.70. The smallest absolute Gasteiger partial charge is 0.163 e. The van der Waals surface area contributed by atoms with Crippen LogP contribution in [0.2, 0.25) is 0 Å². The minimum Gasteiger partial charge on any atom is -0.550 e. The van der Waals surface area contributed by atoms with Crippen LogP contribution in [-0.4, -0.2) is 40.3 Å². The van der Waals surface area contributed by atoms with Crippen LogP contribution in [0.25, 0.3) is 0 Å². The first-order valence-corrected chi connectivity index (χ1v) is 6.70. The van der Waals surface area contributed by atoms with Gasteiger partial charge in [-0.3, -0.25) is 5.69 Å². The number of aldehydes is 1. The van der Waals surface area contributed by atoms with Gasteiger partial charge in [-0.05, 0) is 20.3 Å². The summed E-state index contributed by atoms with van der Waals surface area (Å²) >= 11 is 0. The Kier molecular flexibility index (Phi) is 6.76. The minimum absolute atomic E-state index is 0. The molecule has 1 saturated carbocycles. The Balaban J connectivity index is 0.00000121. The standard InChI is InChI=1S/C14H17N3O3.2Rh/c1-8-4-11(16-7-15-8)17-10-5-9(6-18)12-13(10)20-14(2,3)19-12;;/h6,9-10,12-13H,5H2,1-3H3,(H,15,16,17);;/q-2;;/t9-,10-,12-,13+;;/m1../s1. The number of hydrogen-bond acceptors (Lipinski definition) is 6. The molecular formula is C14H17N3O3Rh2-2. The number of nitrogens with zero attached hydrogens (tertiary/aromatic N) is 2. The number of aromatic nitrogens is 2. The van der Waals surface area contributed by atoms with Gasteiger partial charge in [-0.15, -0.1) is 6.92 Å². The maximum Gasteiger partial charge on any atom is 0.163 e. The monoisotopic (exact) mass is 481 g/mol. The number of anilines is 1. The predicted molar refractivity (Wildman–Crippen MR) is 69.8 cm³/mol. The Morgan fingerprint density at radius 2 is 1.95 bits per heavy atom. The topological polar surface area (TPSA) is 73.3 Å². The Morgan fingerprint density at radius 1 is 1.27 bits per heavy atom. The number of carbonyl (C=O) groups excluding carboxylic acids is 1. The molecule has 1 aliphatic heterocycles. The van der Waals surface area contributed by atoms with Crippen LogP contribution in [-0.2, 0) is 53.2 Å². The maximum atomic E-state index is 11.2. The summed E-state index contributed by atoms with van der Waals surface area (Å²) in [4.78, 5) is 19.1. The fourth-order valence-corrected chi connectivity index (χ4v) is 2.92. The summed E-state index contributed by atoms with van der Waals surface area (Å²) in [7, 11) is 0. The van der Waals surface area contributed by atoms with E-state index in [0.717, 1.165) is 6.29 Å². The van der Waals surface area contributed by atoms with Gasteiger partial charge in [-0.1, -0.05) is 0 Å². The molecule has 8 heteroatoms. The molecule has 2 radical (unpaired) electrons. The van der Waals surface area contributed by atoms with Crippen molar-refractivity contribution in [1.82, 2.24) is 9.97 Å². The van der Waals surface area contributed by atoms with E-state index in [4.69, 9.17) is 9.47 Å². The number of carbonyl (C=O) groups is 1. The van der Waals surface area contributed by atoms with Gasteiger partial charge in [0.05, 0.1) is 6.10 Å². The Hall–Kier alpha value is -0.283. The van der Waals surface area contributed by atoms with Crippen LogP contribution in [0.15, 0.2) is 0 Å². The number of ether oxygens (including phenoxy) is 2. The van der Waals surface area contributed by atoms with Gasteiger partial charge in [0.2, 0.25) is 0 Å². The Morgan fingerprint density at radius 3 is 2.59 bits per heavy atom. The predicted octanol–water partition coefficient (Wildman–Crippen LogP) is 0.900. The third kappa shape index (κ3) is 3.97. The van der Waals surface area contributed by atoms with Crippen molar-refractivity contribution >= 4 is 12.1 Å². The van der Waals surface area contributed by atoms with Crippen LogP contribution in [0.3, 0.4) is 0 Å². The molecule has 1 N–H and O–H groups in total. The molecular weight excluding hydrogens is 464 g/mol. The number of hydrogen-bond donors (Lipinski definition) is 1. The van der Waals surface area contributed by atoms with E-state index < -0.39 is 5.79 Å². The van der Waals surface area contributed by atoms with Crippen molar-refractivity contribution in [2.24, 2.45) is 5.92 Å². The molecule has 22 heavy (non-hydrogen) atoms. The van der Waals surface area contributed by atoms with E-state index in [0.29, 0.717) is 17.9 Å². The number of nitrogens with one attached hydrogen (secondary N) is 1. The van der Waals surface area contributed by atoms with E-state index in [9.17, 15) is 4.79 Å². The summed E-state index contributed by atoms with van der Waals surface area (Å²) < 4.78 is 11.7. The van der Waals surface area contributed by atoms with E-state index in [1.807, 2.05) is 20.8 Å². The summed E-state index contributed by atoms with van der Waals surface area (Å²) in [6, 6.07) is 2.99. The second-order valence-electron chi connectivity index (χ2n) is 5.73. The van der Waals surface area contributed by atoms with Gasteiger partial charge in [-0.2, -0.15) is 5.82 Å². The molecule has 1 aromatic rings. The SMILES string of the molecule is Cc1[c-]c(N[C@@H]2C[C@H](C=O)[C@H]3OC(C)(C)O[C@H]32)n[c-]n1.[Rh].[Rh]. The van der Waals surface area contributed by atoms with E-state index in [1.165, 1.54) is 0 Å². The van der Waals surface area contributed by atoms with Crippen LogP contribution >= 0.6 is 0 Å². The van der Waals surface area contributed by atoms with Gasteiger partial charge in [0, 0.05) is 57.2 Å². The first-order chi connectivity index (χ1) is 9.48. The average molecular weight is 481 g/mol. The van der Waals surface area contributed by atoms with Crippen molar-refractivity contribution in [2.75, 3.05) is 5.32 Å². The van der Waals surface area contributed by atoms with Crippen molar-refractivity contribution in [3.05, 3.63) is 18.1 Å². The maximum absolute atomic E-state index is 11.2. The summed E-state index contributed by atoms with van der Waals surface area (Å²) in [6.45, 7) is 5.55. The molecule has 2 heterocycles. The van der Waals surface area contributed by atoms with Gasteiger partial charge >= 0.3 is 0 Å². The second-order valence-corrected chi connectivity index (χ2v) is 5.73. The van der Waals surface area contributed by atoms with E-state index in [-0.39, 0.29) is 63.1 Å². The average Bonchev–Trinajstić information content (AvgIpc) is 2.84. The van der Waals surface area contributed by atoms with Crippen LogP contribution in [0, 0.1) is 25.2 Å². The molecule has 0 spiro atoms.